The number of fused-ring (bicyclic) bond motifs is 1. The molecule has 0 unspecified atom stereocenters. The van der Waals surface area contributed by atoms with E-state index < -0.39 is 0 Å². The smallest absolute Gasteiger partial charge is 0.0682 e. The molecule has 2 heteroatoms. The van der Waals surface area contributed by atoms with E-state index in [1.54, 1.807) is 0 Å². The van der Waals surface area contributed by atoms with Gasteiger partial charge in [0.2, 0.25) is 0 Å². The van der Waals surface area contributed by atoms with Crippen LogP contribution in [0.2, 0.25) is 0 Å². The van der Waals surface area contributed by atoms with E-state index >= 15 is 0 Å². The molecule has 74 valence electrons. The Bertz CT molecular complexity index is 461. The van der Waals surface area contributed by atoms with Crippen molar-refractivity contribution in [1.82, 2.24) is 9.78 Å². The highest BCUT2D eigenvalue weighted by molar-refractivity contribution is 5.83. The van der Waals surface area contributed by atoms with Crippen LogP contribution in [0.15, 0.2) is 24.4 Å². The van der Waals surface area contributed by atoms with Gasteiger partial charge in [0.1, 0.15) is 0 Å². The minimum absolute atomic E-state index is 0.183. The van der Waals surface area contributed by atoms with Crippen LogP contribution in [-0.4, -0.2) is 9.78 Å². The first-order valence-corrected chi connectivity index (χ1v) is 4.91. The molecule has 0 aliphatic rings. The molecule has 2 rings (SSSR count). The van der Waals surface area contributed by atoms with Crippen molar-refractivity contribution in [3.63, 3.8) is 0 Å². The van der Waals surface area contributed by atoms with Gasteiger partial charge < -0.3 is 0 Å². The van der Waals surface area contributed by atoms with Gasteiger partial charge in [0.05, 0.1) is 11.7 Å². The van der Waals surface area contributed by atoms with E-state index in [4.69, 9.17) is 0 Å². The minimum atomic E-state index is 0.183. The number of aryl methyl sites for hydroxylation is 1. The molecule has 14 heavy (non-hydrogen) atoms. The second kappa shape index (κ2) is 2.84. The Balaban J connectivity index is 2.79. The SMILES string of the molecule is Cn1ncc2c(C(C)(C)C)cccc21. The van der Waals surface area contributed by atoms with Gasteiger partial charge in [-0.3, -0.25) is 4.68 Å². The second-order valence-corrected chi connectivity index (χ2v) is 4.76. The Morgan fingerprint density at radius 1 is 1.21 bits per heavy atom. The van der Waals surface area contributed by atoms with Gasteiger partial charge in [0.25, 0.3) is 0 Å². The van der Waals surface area contributed by atoms with Crippen molar-refractivity contribution in [2.45, 2.75) is 26.2 Å². The fourth-order valence-corrected chi connectivity index (χ4v) is 1.83. The molecule has 0 bridgehead atoms. The van der Waals surface area contributed by atoms with E-state index in [0.29, 0.717) is 0 Å². The third kappa shape index (κ3) is 1.31. The van der Waals surface area contributed by atoms with Crippen molar-refractivity contribution < 1.29 is 0 Å². The van der Waals surface area contributed by atoms with Crippen molar-refractivity contribution in [3.05, 3.63) is 30.0 Å². The van der Waals surface area contributed by atoms with Crippen molar-refractivity contribution in [2.75, 3.05) is 0 Å². The van der Waals surface area contributed by atoms with E-state index in [0.717, 1.165) is 0 Å². The molecule has 0 saturated carbocycles. The summed E-state index contributed by atoms with van der Waals surface area (Å²) in [5, 5.41) is 5.55. The molecule has 0 saturated heterocycles. The lowest BCUT2D eigenvalue weighted by atomic mass is 9.85. The normalized spacial score (nSPS) is 12.3. The average molecular weight is 188 g/mol. The van der Waals surface area contributed by atoms with Gasteiger partial charge in [0.15, 0.2) is 0 Å². The average Bonchev–Trinajstić information content (AvgIpc) is 2.46. The van der Waals surface area contributed by atoms with E-state index in [1.807, 2.05) is 17.9 Å². The van der Waals surface area contributed by atoms with Crippen molar-refractivity contribution in [2.24, 2.45) is 7.05 Å². The summed E-state index contributed by atoms with van der Waals surface area (Å²) in [4.78, 5) is 0. The number of aromatic nitrogens is 2. The van der Waals surface area contributed by atoms with E-state index in [9.17, 15) is 0 Å². The first-order valence-electron chi connectivity index (χ1n) is 4.91. The van der Waals surface area contributed by atoms with Gasteiger partial charge in [-0.2, -0.15) is 5.10 Å². The van der Waals surface area contributed by atoms with Crippen LogP contribution in [0.4, 0.5) is 0 Å². The quantitative estimate of drug-likeness (QED) is 0.621. The van der Waals surface area contributed by atoms with Gasteiger partial charge in [0, 0.05) is 12.4 Å². The Morgan fingerprint density at radius 2 is 1.93 bits per heavy atom. The summed E-state index contributed by atoms with van der Waals surface area (Å²) in [5.41, 5.74) is 2.75. The summed E-state index contributed by atoms with van der Waals surface area (Å²) < 4.78 is 1.92. The van der Waals surface area contributed by atoms with E-state index in [2.05, 4.69) is 44.1 Å². The third-order valence-corrected chi connectivity index (χ3v) is 2.60. The molecular formula is C12H16N2. The van der Waals surface area contributed by atoms with Crippen molar-refractivity contribution >= 4 is 10.9 Å². The highest BCUT2D eigenvalue weighted by Crippen LogP contribution is 2.29. The van der Waals surface area contributed by atoms with Gasteiger partial charge in [-0.05, 0) is 17.0 Å². The Hall–Kier alpha value is -1.31. The molecule has 0 N–H and O–H groups in total. The predicted molar refractivity (Wildman–Crippen MR) is 59.4 cm³/mol. The molecular weight excluding hydrogens is 172 g/mol. The van der Waals surface area contributed by atoms with E-state index in [-0.39, 0.29) is 5.41 Å². The molecule has 0 aliphatic heterocycles. The maximum absolute atomic E-state index is 4.29. The third-order valence-electron chi connectivity index (χ3n) is 2.60. The van der Waals surface area contributed by atoms with Crippen LogP contribution in [-0.2, 0) is 12.5 Å². The molecule has 0 aliphatic carbocycles. The summed E-state index contributed by atoms with van der Waals surface area (Å²) in [6.45, 7) is 6.69. The zero-order chi connectivity index (χ0) is 10.3. The molecule has 1 aromatic heterocycles. The lowest BCUT2D eigenvalue weighted by Gasteiger charge is -2.19. The maximum Gasteiger partial charge on any atom is 0.0682 e. The number of nitrogens with zero attached hydrogens (tertiary/aromatic N) is 2. The highest BCUT2D eigenvalue weighted by Gasteiger charge is 2.17. The van der Waals surface area contributed by atoms with Crippen LogP contribution in [0, 0.1) is 0 Å². The number of hydrogen-bond acceptors (Lipinski definition) is 1. The fourth-order valence-electron chi connectivity index (χ4n) is 1.83. The number of hydrogen-bond donors (Lipinski definition) is 0. The number of rotatable bonds is 0. The van der Waals surface area contributed by atoms with Crippen LogP contribution in [0.1, 0.15) is 26.3 Å². The molecule has 0 spiro atoms. The topological polar surface area (TPSA) is 17.8 Å². The largest absolute Gasteiger partial charge is 0.268 e. The molecule has 0 radical (unpaired) electrons. The lowest BCUT2D eigenvalue weighted by molar-refractivity contribution is 0.596. The predicted octanol–water partition coefficient (Wildman–Crippen LogP) is 2.87. The molecule has 0 fully saturated rings. The first-order chi connectivity index (χ1) is 6.50. The highest BCUT2D eigenvalue weighted by atomic mass is 15.2. The molecule has 1 heterocycles. The summed E-state index contributed by atoms with van der Waals surface area (Å²) in [6, 6.07) is 6.40. The standard InChI is InChI=1S/C12H16N2/c1-12(2,3)10-6-5-7-11-9(10)8-13-14(11)4/h5-8H,1-4H3. The van der Waals surface area contributed by atoms with Crippen LogP contribution in [0.25, 0.3) is 10.9 Å². The van der Waals surface area contributed by atoms with Crippen LogP contribution in [0.5, 0.6) is 0 Å². The molecule has 1 aromatic carbocycles. The molecule has 2 aromatic rings. The summed E-state index contributed by atoms with van der Waals surface area (Å²) in [5.74, 6) is 0. The lowest BCUT2D eigenvalue weighted by Crippen LogP contribution is -2.11. The Labute approximate surface area is 84.5 Å². The fraction of sp³-hybridized carbons (Fsp3) is 0.417. The van der Waals surface area contributed by atoms with Gasteiger partial charge in [-0.15, -0.1) is 0 Å². The van der Waals surface area contributed by atoms with Crippen LogP contribution in [0.3, 0.4) is 0 Å². The Kier molecular flexibility index (Phi) is 1.88. The minimum Gasteiger partial charge on any atom is -0.268 e. The van der Waals surface area contributed by atoms with Crippen LogP contribution < -0.4 is 0 Å². The summed E-state index contributed by atoms with van der Waals surface area (Å²) in [7, 11) is 1.98. The Morgan fingerprint density at radius 3 is 2.57 bits per heavy atom. The maximum atomic E-state index is 4.29. The van der Waals surface area contributed by atoms with Gasteiger partial charge in [-0.1, -0.05) is 32.9 Å². The summed E-state index contributed by atoms with van der Waals surface area (Å²) in [6.07, 6.45) is 1.95. The van der Waals surface area contributed by atoms with Gasteiger partial charge in [-0.25, -0.2) is 0 Å². The second-order valence-electron chi connectivity index (χ2n) is 4.76. The van der Waals surface area contributed by atoms with E-state index in [1.165, 1.54) is 16.5 Å². The van der Waals surface area contributed by atoms with Crippen molar-refractivity contribution in [3.8, 4) is 0 Å². The van der Waals surface area contributed by atoms with Crippen molar-refractivity contribution in [1.29, 1.82) is 0 Å². The molecule has 2 nitrogen and oxygen atoms in total. The van der Waals surface area contributed by atoms with Gasteiger partial charge >= 0.3 is 0 Å². The molecule has 0 atom stereocenters. The number of benzene rings is 1. The van der Waals surface area contributed by atoms with Crippen LogP contribution >= 0.6 is 0 Å². The molecule has 0 amide bonds. The first kappa shape index (κ1) is 9.25. The monoisotopic (exact) mass is 188 g/mol. The zero-order valence-electron chi connectivity index (χ0n) is 9.20. The summed E-state index contributed by atoms with van der Waals surface area (Å²) >= 11 is 0. The zero-order valence-corrected chi connectivity index (χ0v) is 9.20.